The lowest BCUT2D eigenvalue weighted by Gasteiger charge is -2.39. The number of rotatable bonds is 7. The second-order valence-corrected chi connectivity index (χ2v) is 9.44. The average Bonchev–Trinajstić information content (AvgIpc) is 3.50. The molecule has 0 bridgehead atoms. The Hall–Kier alpha value is -2.48. The molecule has 0 spiro atoms. The Morgan fingerprint density at radius 1 is 0.811 bits per heavy atom. The van der Waals surface area contributed by atoms with Gasteiger partial charge in [-0.05, 0) is 35.4 Å². The van der Waals surface area contributed by atoms with E-state index in [-0.39, 0.29) is 17.9 Å². The standard InChI is InChI=1S/C26H32O11/c1-32-16-8-5-13(9-17(16)33-2)23-15-11-34-24(19(15)25(31)37-23)12-3-6-14(7-4-12)35-26-22(30)21(29)20(28)18(10-27)36-26/h3-9,15,18-31H,10-11H2,1-2H3. The van der Waals surface area contributed by atoms with Gasteiger partial charge in [-0.15, -0.1) is 0 Å². The minimum absolute atomic E-state index is 0.0804. The van der Waals surface area contributed by atoms with Crippen molar-refractivity contribution in [2.75, 3.05) is 27.4 Å². The molecule has 11 heteroatoms. The van der Waals surface area contributed by atoms with E-state index < -0.39 is 49.7 Å². The van der Waals surface area contributed by atoms with Crippen molar-refractivity contribution in [1.82, 2.24) is 0 Å². The fourth-order valence-corrected chi connectivity index (χ4v) is 5.36. The van der Waals surface area contributed by atoms with Gasteiger partial charge in [-0.2, -0.15) is 0 Å². The van der Waals surface area contributed by atoms with Gasteiger partial charge in [-0.3, -0.25) is 0 Å². The van der Waals surface area contributed by atoms with Crippen LogP contribution in [-0.4, -0.2) is 90.0 Å². The van der Waals surface area contributed by atoms with Crippen molar-refractivity contribution in [3.63, 3.8) is 0 Å². The molecule has 10 atom stereocenters. The molecule has 0 radical (unpaired) electrons. The summed E-state index contributed by atoms with van der Waals surface area (Å²) in [7, 11) is 3.13. The van der Waals surface area contributed by atoms with Crippen molar-refractivity contribution in [3.8, 4) is 17.2 Å². The van der Waals surface area contributed by atoms with Crippen LogP contribution in [0.2, 0.25) is 0 Å². The van der Waals surface area contributed by atoms with Gasteiger partial charge in [-0.1, -0.05) is 18.2 Å². The third-order valence-corrected chi connectivity index (χ3v) is 7.36. The van der Waals surface area contributed by atoms with Crippen LogP contribution in [0.4, 0.5) is 0 Å². The highest BCUT2D eigenvalue weighted by atomic mass is 16.7. The van der Waals surface area contributed by atoms with Crippen molar-refractivity contribution in [2.45, 2.75) is 49.2 Å². The smallest absolute Gasteiger partial charge is 0.229 e. The summed E-state index contributed by atoms with van der Waals surface area (Å²) >= 11 is 0. The molecule has 3 saturated heterocycles. The van der Waals surface area contributed by atoms with Crippen LogP contribution >= 0.6 is 0 Å². The number of hydrogen-bond acceptors (Lipinski definition) is 11. The van der Waals surface area contributed by atoms with Gasteiger partial charge in [0.2, 0.25) is 6.29 Å². The molecule has 0 saturated carbocycles. The zero-order valence-corrected chi connectivity index (χ0v) is 20.4. The maximum Gasteiger partial charge on any atom is 0.229 e. The number of aliphatic hydroxyl groups is 5. The Morgan fingerprint density at radius 3 is 2.19 bits per heavy atom. The lowest BCUT2D eigenvalue weighted by atomic mass is 9.84. The summed E-state index contributed by atoms with van der Waals surface area (Å²) in [6, 6.07) is 12.4. The van der Waals surface area contributed by atoms with Crippen molar-refractivity contribution < 1.29 is 54.0 Å². The Balaban J connectivity index is 1.28. The van der Waals surface area contributed by atoms with E-state index in [2.05, 4.69) is 0 Å². The van der Waals surface area contributed by atoms with Crippen LogP contribution in [0.1, 0.15) is 23.3 Å². The van der Waals surface area contributed by atoms with Crippen molar-refractivity contribution in [2.24, 2.45) is 11.8 Å². The summed E-state index contributed by atoms with van der Waals surface area (Å²) in [6.45, 7) is -0.144. The van der Waals surface area contributed by atoms with Crippen LogP contribution in [0.15, 0.2) is 42.5 Å². The molecule has 5 N–H and O–H groups in total. The van der Waals surface area contributed by atoms with Gasteiger partial charge in [0.15, 0.2) is 17.8 Å². The summed E-state index contributed by atoms with van der Waals surface area (Å²) in [6.07, 6.45) is -8.64. The van der Waals surface area contributed by atoms with E-state index in [1.54, 1.807) is 44.6 Å². The Labute approximate surface area is 213 Å². The zero-order valence-electron chi connectivity index (χ0n) is 20.4. The largest absolute Gasteiger partial charge is 0.493 e. The number of methoxy groups -OCH3 is 2. The van der Waals surface area contributed by atoms with Gasteiger partial charge >= 0.3 is 0 Å². The highest BCUT2D eigenvalue weighted by Crippen LogP contribution is 2.53. The molecule has 0 amide bonds. The molecule has 5 rings (SSSR count). The predicted molar refractivity (Wildman–Crippen MR) is 126 cm³/mol. The van der Waals surface area contributed by atoms with Crippen molar-refractivity contribution >= 4 is 0 Å². The van der Waals surface area contributed by atoms with Crippen LogP contribution in [0.3, 0.4) is 0 Å². The first kappa shape index (κ1) is 26.1. The summed E-state index contributed by atoms with van der Waals surface area (Å²) in [5, 5.41) is 50.3. The topological polar surface area (TPSA) is 157 Å². The van der Waals surface area contributed by atoms with Crippen LogP contribution in [0.25, 0.3) is 0 Å². The number of benzene rings is 2. The third-order valence-electron chi connectivity index (χ3n) is 7.36. The molecular formula is C26H32O11. The first-order chi connectivity index (χ1) is 17.9. The van der Waals surface area contributed by atoms with Crippen molar-refractivity contribution in [1.29, 1.82) is 0 Å². The van der Waals surface area contributed by atoms with Crippen LogP contribution in [0, 0.1) is 11.8 Å². The molecule has 3 aliphatic rings. The maximum atomic E-state index is 10.8. The first-order valence-corrected chi connectivity index (χ1v) is 12.1. The first-order valence-electron chi connectivity index (χ1n) is 12.1. The van der Waals surface area contributed by atoms with E-state index in [4.69, 9.17) is 28.4 Å². The molecule has 0 aliphatic carbocycles. The number of ether oxygens (including phenoxy) is 6. The minimum atomic E-state index is -1.53. The molecule has 11 nitrogen and oxygen atoms in total. The van der Waals surface area contributed by atoms with Gasteiger partial charge in [0.1, 0.15) is 30.2 Å². The molecule has 202 valence electrons. The summed E-state index contributed by atoms with van der Waals surface area (Å²) in [4.78, 5) is 0. The van der Waals surface area contributed by atoms with E-state index in [0.29, 0.717) is 23.9 Å². The summed E-state index contributed by atoms with van der Waals surface area (Å²) < 4.78 is 33.9. The molecule has 3 fully saturated rings. The van der Waals surface area contributed by atoms with E-state index in [1.165, 1.54) is 0 Å². The van der Waals surface area contributed by atoms with Gasteiger partial charge < -0.3 is 54.0 Å². The highest BCUT2D eigenvalue weighted by molar-refractivity contribution is 5.44. The normalized spacial score (nSPS) is 37.3. The number of fused-ring (bicyclic) bond motifs is 1. The van der Waals surface area contributed by atoms with Crippen molar-refractivity contribution in [3.05, 3.63) is 53.6 Å². The zero-order chi connectivity index (χ0) is 26.3. The van der Waals surface area contributed by atoms with E-state index in [9.17, 15) is 25.5 Å². The van der Waals surface area contributed by atoms with Crippen LogP contribution in [0.5, 0.6) is 17.2 Å². The highest BCUT2D eigenvalue weighted by Gasteiger charge is 2.53. The maximum absolute atomic E-state index is 10.8. The van der Waals surface area contributed by atoms with E-state index in [0.717, 1.165) is 11.1 Å². The fraction of sp³-hybridized carbons (Fsp3) is 0.538. The van der Waals surface area contributed by atoms with Gasteiger partial charge in [-0.25, -0.2) is 0 Å². The molecular weight excluding hydrogens is 488 g/mol. The quantitative estimate of drug-likeness (QED) is 0.342. The van der Waals surface area contributed by atoms with Crippen LogP contribution in [-0.2, 0) is 14.2 Å². The molecule has 3 aliphatic heterocycles. The van der Waals surface area contributed by atoms with E-state index >= 15 is 0 Å². The second kappa shape index (κ2) is 10.7. The Bertz CT molecular complexity index is 1060. The summed E-state index contributed by atoms with van der Waals surface area (Å²) in [5.74, 6) is 1.15. The second-order valence-electron chi connectivity index (χ2n) is 9.44. The molecule has 3 heterocycles. The lowest BCUT2D eigenvalue weighted by Crippen LogP contribution is -2.60. The molecule has 0 aromatic heterocycles. The predicted octanol–water partition coefficient (Wildman–Crippen LogP) is 0.276. The Kier molecular flexibility index (Phi) is 7.57. The fourth-order valence-electron chi connectivity index (χ4n) is 5.36. The molecule has 2 aromatic carbocycles. The lowest BCUT2D eigenvalue weighted by molar-refractivity contribution is -0.277. The van der Waals surface area contributed by atoms with Gasteiger partial charge in [0, 0.05) is 11.8 Å². The van der Waals surface area contributed by atoms with Gasteiger partial charge in [0.05, 0.1) is 39.6 Å². The van der Waals surface area contributed by atoms with Crippen LogP contribution < -0.4 is 14.2 Å². The monoisotopic (exact) mass is 520 g/mol. The minimum Gasteiger partial charge on any atom is -0.493 e. The molecule has 2 aromatic rings. The third kappa shape index (κ3) is 4.77. The molecule has 10 unspecified atom stereocenters. The Morgan fingerprint density at radius 2 is 1.51 bits per heavy atom. The molecule has 37 heavy (non-hydrogen) atoms. The summed E-state index contributed by atoms with van der Waals surface area (Å²) in [5.41, 5.74) is 1.67. The van der Waals surface area contributed by atoms with E-state index in [1.807, 2.05) is 12.1 Å². The van der Waals surface area contributed by atoms with Gasteiger partial charge in [0.25, 0.3) is 0 Å². The SMILES string of the molecule is COc1ccc(C2OC(O)C3C(c4ccc(OC5OC(CO)C(O)C(O)C5O)cc4)OCC23)cc1OC. The average molecular weight is 521 g/mol. The number of aliphatic hydroxyl groups excluding tert-OH is 5. The number of hydrogen-bond donors (Lipinski definition) is 5.